The summed E-state index contributed by atoms with van der Waals surface area (Å²) < 4.78 is 7.42. The molecule has 150 valence electrons. The third-order valence-corrected chi connectivity index (χ3v) is 5.05. The minimum absolute atomic E-state index is 0.0193. The van der Waals surface area contributed by atoms with E-state index in [0.717, 1.165) is 5.52 Å². The molecule has 0 saturated carbocycles. The summed E-state index contributed by atoms with van der Waals surface area (Å²) in [5.74, 6) is -0.314. The highest BCUT2D eigenvalue weighted by Gasteiger charge is 2.16. The van der Waals surface area contributed by atoms with Gasteiger partial charge in [0.25, 0.3) is 11.8 Å². The van der Waals surface area contributed by atoms with Gasteiger partial charge in [0.2, 0.25) is 5.88 Å². The van der Waals surface area contributed by atoms with Gasteiger partial charge in [-0.15, -0.1) is 10.2 Å². The molecule has 0 aliphatic heterocycles. The molecule has 2 aromatic carbocycles. The summed E-state index contributed by atoms with van der Waals surface area (Å²) in [4.78, 5) is 24.2. The van der Waals surface area contributed by atoms with Crippen molar-refractivity contribution in [2.45, 2.75) is 6.42 Å². The number of carbonyl (C=O) groups excluding carboxylic acids is 2. The van der Waals surface area contributed by atoms with E-state index < -0.39 is 5.91 Å². The van der Waals surface area contributed by atoms with Crippen LogP contribution in [-0.2, 0) is 11.8 Å². The van der Waals surface area contributed by atoms with Gasteiger partial charge in [-0.3, -0.25) is 9.59 Å². The molecule has 0 aliphatic rings. The molecule has 0 spiro atoms. The molecule has 0 atom stereocenters. The first kappa shape index (κ1) is 20.5. The number of rotatable bonds is 6. The lowest BCUT2D eigenvalue weighted by molar-refractivity contribution is -0.118. The Kier molecular flexibility index (Phi) is 6.28. The quantitative estimate of drug-likeness (QED) is 0.542. The Morgan fingerprint density at radius 1 is 1.24 bits per heavy atom. The number of methoxy groups -OCH3 is 1. The summed E-state index contributed by atoms with van der Waals surface area (Å²) in [5.41, 5.74) is 1.40. The number of nitrogens with one attached hydrogen (secondary N) is 1. The van der Waals surface area contributed by atoms with Crippen LogP contribution >= 0.6 is 15.9 Å². The van der Waals surface area contributed by atoms with E-state index in [4.69, 9.17) is 4.74 Å². The highest BCUT2D eigenvalue weighted by molar-refractivity contribution is 9.10. The lowest BCUT2D eigenvalue weighted by Crippen LogP contribution is -2.26. The number of hydrogen-bond acceptors (Lipinski definition) is 5. The Morgan fingerprint density at radius 3 is 2.72 bits per heavy atom. The lowest BCUT2D eigenvalue weighted by Gasteiger charge is -2.05. The molecule has 0 radical (unpaired) electrons. The Bertz CT molecular complexity index is 1110. The molecule has 1 aromatic heterocycles. The van der Waals surface area contributed by atoms with Crippen molar-refractivity contribution in [2.75, 3.05) is 13.7 Å². The van der Waals surface area contributed by atoms with E-state index in [1.807, 2.05) is 6.07 Å². The molecule has 8 nitrogen and oxygen atoms in total. The average Bonchev–Trinajstić information content (AvgIpc) is 2.96. The summed E-state index contributed by atoms with van der Waals surface area (Å²) >= 11 is 3.31. The zero-order valence-corrected chi connectivity index (χ0v) is 17.4. The van der Waals surface area contributed by atoms with Crippen molar-refractivity contribution in [3.8, 4) is 11.6 Å². The maximum absolute atomic E-state index is 12.1. The summed E-state index contributed by atoms with van der Waals surface area (Å²) in [6, 6.07) is 12.3. The number of ether oxygens (including phenoxy) is 1. The average molecular weight is 459 g/mol. The SMILES string of the molecule is COc1ccc2c(c1)c(N=NC(=O)CCNC(=O)c1ccccc1Br)c(O)n2C. The molecule has 9 heteroatoms. The van der Waals surface area contributed by atoms with Crippen molar-refractivity contribution in [3.05, 3.63) is 52.5 Å². The highest BCUT2D eigenvalue weighted by Crippen LogP contribution is 2.39. The van der Waals surface area contributed by atoms with Crippen LogP contribution in [0, 0.1) is 0 Å². The Morgan fingerprint density at radius 2 is 2.00 bits per heavy atom. The third kappa shape index (κ3) is 4.45. The zero-order chi connectivity index (χ0) is 21.0. The smallest absolute Gasteiger partial charge is 0.266 e. The van der Waals surface area contributed by atoms with Crippen LogP contribution in [-0.4, -0.2) is 35.1 Å². The second-order valence-corrected chi connectivity index (χ2v) is 7.05. The maximum atomic E-state index is 12.1. The van der Waals surface area contributed by atoms with Gasteiger partial charge in [0, 0.05) is 29.9 Å². The number of amides is 2. The standard InChI is InChI=1S/C20H19BrN4O4/c1-25-16-8-7-12(29-2)11-14(16)18(20(25)28)24-23-17(26)9-10-22-19(27)13-5-3-4-6-15(13)21/h3-8,11,28H,9-10H2,1-2H3,(H,22,27). The molecule has 0 saturated heterocycles. The number of aromatic nitrogens is 1. The molecule has 2 amide bonds. The second kappa shape index (κ2) is 8.87. The molecule has 3 aromatic rings. The first-order chi connectivity index (χ1) is 13.9. The molecular weight excluding hydrogens is 440 g/mol. The molecular formula is C20H19BrN4O4. The van der Waals surface area contributed by atoms with E-state index in [9.17, 15) is 14.7 Å². The maximum Gasteiger partial charge on any atom is 0.266 e. The van der Waals surface area contributed by atoms with Gasteiger partial charge in [-0.2, -0.15) is 0 Å². The summed E-state index contributed by atoms with van der Waals surface area (Å²) in [7, 11) is 3.22. The number of carbonyl (C=O) groups is 2. The van der Waals surface area contributed by atoms with Crippen LogP contribution in [0.3, 0.4) is 0 Å². The van der Waals surface area contributed by atoms with Gasteiger partial charge < -0.3 is 19.7 Å². The molecule has 29 heavy (non-hydrogen) atoms. The van der Waals surface area contributed by atoms with E-state index in [1.165, 1.54) is 7.11 Å². The van der Waals surface area contributed by atoms with Crippen LogP contribution in [0.4, 0.5) is 5.69 Å². The number of nitrogens with zero attached hydrogens (tertiary/aromatic N) is 3. The van der Waals surface area contributed by atoms with E-state index >= 15 is 0 Å². The Balaban J connectivity index is 1.66. The van der Waals surface area contributed by atoms with E-state index in [1.54, 1.807) is 48.0 Å². The largest absolute Gasteiger partial charge is 0.497 e. The third-order valence-electron chi connectivity index (χ3n) is 4.35. The fourth-order valence-electron chi connectivity index (χ4n) is 2.80. The summed E-state index contributed by atoms with van der Waals surface area (Å²) in [6.45, 7) is 0.118. The van der Waals surface area contributed by atoms with E-state index in [2.05, 4.69) is 31.5 Å². The van der Waals surface area contributed by atoms with Gasteiger partial charge >= 0.3 is 0 Å². The number of fused-ring (bicyclic) bond motifs is 1. The van der Waals surface area contributed by atoms with Crippen molar-refractivity contribution >= 4 is 44.3 Å². The predicted octanol–water partition coefficient (Wildman–Crippen LogP) is 4.09. The molecule has 0 unspecified atom stereocenters. The lowest BCUT2D eigenvalue weighted by atomic mass is 10.2. The second-order valence-electron chi connectivity index (χ2n) is 6.19. The molecule has 1 heterocycles. The predicted molar refractivity (Wildman–Crippen MR) is 112 cm³/mol. The highest BCUT2D eigenvalue weighted by atomic mass is 79.9. The fraction of sp³-hybridized carbons (Fsp3) is 0.200. The van der Waals surface area contributed by atoms with Crippen LogP contribution in [0.5, 0.6) is 11.6 Å². The first-order valence-corrected chi connectivity index (χ1v) is 9.54. The fourth-order valence-corrected chi connectivity index (χ4v) is 3.26. The topological polar surface area (TPSA) is 105 Å². The normalized spacial score (nSPS) is 11.1. The first-order valence-electron chi connectivity index (χ1n) is 8.75. The monoisotopic (exact) mass is 458 g/mol. The van der Waals surface area contributed by atoms with Crippen molar-refractivity contribution < 1.29 is 19.4 Å². The molecule has 0 bridgehead atoms. The van der Waals surface area contributed by atoms with Crippen LogP contribution in [0.15, 0.2) is 57.2 Å². The Labute approximate surface area is 175 Å². The minimum atomic E-state index is -0.517. The van der Waals surface area contributed by atoms with Crippen LogP contribution in [0.1, 0.15) is 16.8 Å². The number of aromatic hydroxyl groups is 1. The number of hydrogen-bond donors (Lipinski definition) is 2. The number of halogens is 1. The van der Waals surface area contributed by atoms with Gasteiger partial charge in [-0.05, 0) is 46.3 Å². The van der Waals surface area contributed by atoms with Crippen molar-refractivity contribution in [1.82, 2.24) is 9.88 Å². The van der Waals surface area contributed by atoms with Crippen molar-refractivity contribution in [1.29, 1.82) is 0 Å². The number of azo groups is 1. The van der Waals surface area contributed by atoms with Crippen molar-refractivity contribution in [2.24, 2.45) is 17.3 Å². The molecule has 2 N–H and O–H groups in total. The number of benzene rings is 2. The van der Waals surface area contributed by atoms with E-state index in [-0.39, 0.29) is 30.4 Å². The summed E-state index contributed by atoms with van der Waals surface area (Å²) in [6.07, 6.45) is -0.0193. The van der Waals surface area contributed by atoms with Gasteiger partial charge in [-0.25, -0.2) is 0 Å². The van der Waals surface area contributed by atoms with Crippen LogP contribution in [0.25, 0.3) is 10.9 Å². The van der Waals surface area contributed by atoms with Gasteiger partial charge in [0.15, 0.2) is 5.69 Å². The van der Waals surface area contributed by atoms with Crippen LogP contribution < -0.4 is 10.1 Å². The Hall–Kier alpha value is -3.20. The van der Waals surface area contributed by atoms with Gasteiger partial charge in [0.1, 0.15) is 5.75 Å². The molecule has 0 aliphatic carbocycles. The number of aryl methyl sites for hydroxylation is 1. The summed E-state index contributed by atoms with van der Waals surface area (Å²) in [5, 5.41) is 21.2. The molecule has 3 rings (SSSR count). The van der Waals surface area contributed by atoms with Gasteiger partial charge in [-0.1, -0.05) is 12.1 Å². The zero-order valence-electron chi connectivity index (χ0n) is 15.8. The molecule has 0 fully saturated rings. The van der Waals surface area contributed by atoms with Crippen LogP contribution in [0.2, 0.25) is 0 Å². The van der Waals surface area contributed by atoms with E-state index in [0.29, 0.717) is 21.2 Å². The minimum Gasteiger partial charge on any atom is -0.497 e. The van der Waals surface area contributed by atoms with Gasteiger partial charge in [0.05, 0.1) is 18.2 Å². The van der Waals surface area contributed by atoms with Crippen molar-refractivity contribution in [3.63, 3.8) is 0 Å².